The molecule has 1 N–H and O–H groups in total. The molecule has 4 nitrogen and oxygen atoms in total. The van der Waals surface area contributed by atoms with Crippen LogP contribution in [0.5, 0.6) is 5.75 Å². The van der Waals surface area contributed by atoms with Gasteiger partial charge in [0.1, 0.15) is 0 Å². The van der Waals surface area contributed by atoms with Gasteiger partial charge in [0.15, 0.2) is 17.8 Å². The molecule has 0 saturated carbocycles. The third-order valence-electron chi connectivity index (χ3n) is 9.65. The number of benzene rings is 8. The minimum absolute atomic E-state index is 0.226. The molecule has 0 fully saturated rings. The van der Waals surface area contributed by atoms with Gasteiger partial charge in [-0.2, -0.15) is 0 Å². The van der Waals surface area contributed by atoms with Crippen molar-refractivity contribution in [2.75, 3.05) is 5.32 Å². The zero-order chi connectivity index (χ0) is 32.3. The van der Waals surface area contributed by atoms with Crippen LogP contribution in [0.3, 0.4) is 0 Å². The molecular weight excluding hydrogens is 599 g/mol. The predicted octanol–water partition coefficient (Wildman–Crippen LogP) is 11.6. The molecule has 0 aliphatic carbocycles. The average Bonchev–Trinajstić information content (AvgIpc) is 3.62. The van der Waals surface area contributed by atoms with Crippen LogP contribution >= 0.6 is 0 Å². The summed E-state index contributed by atoms with van der Waals surface area (Å²) in [5.41, 5.74) is 6.96. The van der Waals surface area contributed by atoms with Crippen LogP contribution in [-0.2, 0) is 0 Å². The van der Waals surface area contributed by atoms with Gasteiger partial charge in [-0.25, -0.2) is 9.97 Å². The van der Waals surface area contributed by atoms with Gasteiger partial charge >= 0.3 is 0 Å². The van der Waals surface area contributed by atoms with Crippen molar-refractivity contribution in [3.05, 3.63) is 169 Å². The molecular formula is C45H29N3O. The first-order chi connectivity index (χ1) is 24.2. The quantitative estimate of drug-likeness (QED) is 0.197. The van der Waals surface area contributed by atoms with Gasteiger partial charge in [0, 0.05) is 27.6 Å². The van der Waals surface area contributed by atoms with Gasteiger partial charge in [-0.1, -0.05) is 133 Å². The number of hydrogen-bond donors (Lipinski definition) is 1. The summed E-state index contributed by atoms with van der Waals surface area (Å²) in [6.07, 6.45) is -0.226. The molecule has 4 heteroatoms. The number of nitrogens with one attached hydrogen (secondary N) is 1. The fourth-order valence-electron chi connectivity index (χ4n) is 7.13. The van der Waals surface area contributed by atoms with E-state index >= 15 is 0 Å². The highest BCUT2D eigenvalue weighted by Crippen LogP contribution is 2.46. The number of ether oxygens (including phenoxy) is 1. The fraction of sp³-hybridized carbons (Fsp3) is 0.0222. The van der Waals surface area contributed by atoms with Crippen LogP contribution in [0.15, 0.2) is 164 Å². The van der Waals surface area contributed by atoms with E-state index in [1.54, 1.807) is 0 Å². The maximum absolute atomic E-state index is 6.58. The highest BCUT2D eigenvalue weighted by molar-refractivity contribution is 6.13. The Kier molecular flexibility index (Phi) is 6.21. The summed E-state index contributed by atoms with van der Waals surface area (Å²) in [7, 11) is 0. The third-order valence-corrected chi connectivity index (χ3v) is 9.65. The molecule has 0 radical (unpaired) electrons. The molecule has 8 aromatic carbocycles. The lowest BCUT2D eigenvalue weighted by Gasteiger charge is -2.13. The normalized spacial score (nSPS) is 13.8. The Morgan fingerprint density at radius 3 is 1.69 bits per heavy atom. The SMILES string of the molecule is c1ccc(C2Nc3ccc4ccc5cc(-c6nc(-c7ccc8ccccc8c7)cc(-c7ccc8ccccc8c7)n6)ccc5c4c3O2)cc1. The maximum atomic E-state index is 6.58. The van der Waals surface area contributed by atoms with Crippen LogP contribution in [0, 0.1) is 0 Å². The number of aromatic nitrogens is 2. The van der Waals surface area contributed by atoms with E-state index in [0.717, 1.165) is 66.6 Å². The van der Waals surface area contributed by atoms with E-state index in [1.807, 2.05) is 18.2 Å². The molecule has 49 heavy (non-hydrogen) atoms. The van der Waals surface area contributed by atoms with Crippen LogP contribution in [0.1, 0.15) is 11.8 Å². The van der Waals surface area contributed by atoms with Gasteiger partial charge in [0.05, 0.1) is 17.1 Å². The highest BCUT2D eigenvalue weighted by Gasteiger charge is 2.26. The second-order valence-corrected chi connectivity index (χ2v) is 12.7. The molecule has 1 aliphatic heterocycles. The Balaban J connectivity index is 1.12. The second kappa shape index (κ2) is 11.0. The molecule has 0 saturated heterocycles. The van der Waals surface area contributed by atoms with Crippen LogP contribution in [0.4, 0.5) is 5.69 Å². The van der Waals surface area contributed by atoms with Crippen LogP contribution in [-0.4, -0.2) is 9.97 Å². The lowest BCUT2D eigenvalue weighted by molar-refractivity contribution is 0.263. The van der Waals surface area contributed by atoms with E-state index < -0.39 is 0 Å². The molecule has 1 atom stereocenters. The summed E-state index contributed by atoms with van der Waals surface area (Å²) in [6.45, 7) is 0. The molecule has 0 bridgehead atoms. The first-order valence-corrected chi connectivity index (χ1v) is 16.6. The van der Waals surface area contributed by atoms with Crippen molar-refractivity contribution in [1.29, 1.82) is 0 Å². The third kappa shape index (κ3) is 4.77. The lowest BCUT2D eigenvalue weighted by Crippen LogP contribution is -2.09. The molecule has 10 rings (SSSR count). The number of hydrogen-bond acceptors (Lipinski definition) is 4. The Bertz CT molecular complexity index is 2640. The fourth-order valence-corrected chi connectivity index (χ4v) is 7.13. The van der Waals surface area contributed by atoms with E-state index in [2.05, 4.69) is 151 Å². The molecule has 2 heterocycles. The molecule has 9 aromatic rings. The Morgan fingerprint density at radius 1 is 0.449 bits per heavy atom. The lowest BCUT2D eigenvalue weighted by atomic mass is 9.98. The van der Waals surface area contributed by atoms with E-state index in [-0.39, 0.29) is 6.23 Å². The molecule has 1 unspecified atom stereocenters. The molecule has 0 amide bonds. The van der Waals surface area contributed by atoms with Gasteiger partial charge in [-0.15, -0.1) is 0 Å². The van der Waals surface area contributed by atoms with Crippen molar-refractivity contribution >= 4 is 48.8 Å². The van der Waals surface area contributed by atoms with E-state index in [0.29, 0.717) is 5.82 Å². The van der Waals surface area contributed by atoms with Crippen molar-refractivity contribution < 1.29 is 4.74 Å². The summed E-state index contributed by atoms with van der Waals surface area (Å²) in [4.78, 5) is 10.4. The summed E-state index contributed by atoms with van der Waals surface area (Å²) < 4.78 is 6.58. The van der Waals surface area contributed by atoms with Gasteiger partial charge in [0.2, 0.25) is 0 Å². The van der Waals surface area contributed by atoms with Crippen molar-refractivity contribution in [2.24, 2.45) is 0 Å². The molecule has 0 spiro atoms. The maximum Gasteiger partial charge on any atom is 0.196 e. The van der Waals surface area contributed by atoms with Crippen molar-refractivity contribution in [3.63, 3.8) is 0 Å². The predicted molar refractivity (Wildman–Crippen MR) is 202 cm³/mol. The Labute approximate surface area is 283 Å². The second-order valence-electron chi connectivity index (χ2n) is 12.7. The van der Waals surface area contributed by atoms with Crippen LogP contribution < -0.4 is 10.1 Å². The van der Waals surface area contributed by atoms with Crippen LogP contribution in [0.25, 0.3) is 77.0 Å². The van der Waals surface area contributed by atoms with Crippen molar-refractivity contribution in [1.82, 2.24) is 9.97 Å². The first kappa shape index (κ1) is 27.6. The molecule has 230 valence electrons. The van der Waals surface area contributed by atoms with E-state index in [4.69, 9.17) is 14.7 Å². The van der Waals surface area contributed by atoms with E-state index in [9.17, 15) is 0 Å². The largest absolute Gasteiger partial charge is 0.464 e. The van der Waals surface area contributed by atoms with Crippen LogP contribution in [0.2, 0.25) is 0 Å². The summed E-state index contributed by atoms with van der Waals surface area (Å²) >= 11 is 0. The number of rotatable bonds is 4. The first-order valence-electron chi connectivity index (χ1n) is 16.6. The Morgan fingerprint density at radius 2 is 1.00 bits per heavy atom. The zero-order valence-corrected chi connectivity index (χ0v) is 26.5. The van der Waals surface area contributed by atoms with Gasteiger partial charge in [0.25, 0.3) is 0 Å². The average molecular weight is 628 g/mol. The van der Waals surface area contributed by atoms with Crippen molar-refractivity contribution in [2.45, 2.75) is 6.23 Å². The topological polar surface area (TPSA) is 47.0 Å². The standard InChI is InChI=1S/C45H29N3O/c1-2-10-31(11-3-1)45-48-39-23-21-30-16-17-34-26-37(20-22-38(34)42(30)43(39)49-45)44-46-40(35-18-14-28-8-4-6-12-32(28)24-35)27-41(47-44)36-19-15-29-9-5-7-13-33(29)25-36/h1-27,45,48H. The minimum atomic E-state index is -0.226. The number of anilines is 1. The Hall–Kier alpha value is -6.52. The molecule has 1 aliphatic rings. The smallest absolute Gasteiger partial charge is 0.196 e. The van der Waals surface area contributed by atoms with Gasteiger partial charge in [-0.05, 0) is 68.0 Å². The number of nitrogens with zero attached hydrogens (tertiary/aromatic N) is 2. The summed E-state index contributed by atoms with van der Waals surface area (Å²) in [6, 6.07) is 57.5. The zero-order valence-electron chi connectivity index (χ0n) is 26.5. The highest BCUT2D eigenvalue weighted by atomic mass is 16.5. The minimum Gasteiger partial charge on any atom is -0.464 e. The van der Waals surface area contributed by atoms with Gasteiger partial charge < -0.3 is 10.1 Å². The summed E-state index contributed by atoms with van der Waals surface area (Å²) in [5.74, 6) is 1.58. The monoisotopic (exact) mass is 627 g/mol. The van der Waals surface area contributed by atoms with E-state index in [1.165, 1.54) is 21.5 Å². The summed E-state index contributed by atoms with van der Waals surface area (Å²) in [5, 5.41) is 12.8. The van der Waals surface area contributed by atoms with Gasteiger partial charge in [-0.3, -0.25) is 0 Å². The molecule has 1 aromatic heterocycles. The van der Waals surface area contributed by atoms with Crippen molar-refractivity contribution in [3.8, 4) is 39.7 Å². The number of fused-ring (bicyclic) bond motifs is 7.